The Morgan fingerprint density at radius 1 is 0.567 bits per heavy atom. The van der Waals surface area contributed by atoms with Crippen LogP contribution < -0.4 is 0 Å². The molecule has 0 unspecified atom stereocenters. The molecule has 0 amide bonds. The predicted octanol–water partition coefficient (Wildman–Crippen LogP) is 8.04. The standard InChI is InChI=1S/C28H38O2/c1-15(2)23-11-21(13-25(27(23)29)17(5)19-7-8-19)22-12-24(16(3)4)28(30)26(14-22)18(6)20-9-10-20/h11-20,29-30H,7-10H2,1-6H3/t17-,18-/m1/s1. The molecule has 30 heavy (non-hydrogen) atoms. The van der Waals surface area contributed by atoms with Gasteiger partial charge in [0, 0.05) is 0 Å². The van der Waals surface area contributed by atoms with Gasteiger partial charge in [0.25, 0.3) is 0 Å². The Labute approximate surface area is 182 Å². The van der Waals surface area contributed by atoms with E-state index in [1.54, 1.807) is 0 Å². The van der Waals surface area contributed by atoms with Crippen LogP contribution in [0.4, 0.5) is 0 Å². The summed E-state index contributed by atoms with van der Waals surface area (Å²) in [7, 11) is 0. The van der Waals surface area contributed by atoms with Crippen LogP contribution in [0.3, 0.4) is 0 Å². The predicted molar refractivity (Wildman–Crippen MR) is 126 cm³/mol. The summed E-state index contributed by atoms with van der Waals surface area (Å²) in [6, 6.07) is 8.77. The van der Waals surface area contributed by atoms with Gasteiger partial charge in [-0.1, -0.05) is 41.5 Å². The van der Waals surface area contributed by atoms with Crippen LogP contribution in [0.1, 0.15) is 113 Å². The molecule has 0 spiro atoms. The summed E-state index contributed by atoms with van der Waals surface area (Å²) in [5, 5.41) is 22.1. The first-order chi connectivity index (χ1) is 14.2. The van der Waals surface area contributed by atoms with E-state index in [9.17, 15) is 10.2 Å². The fourth-order valence-electron chi connectivity index (χ4n) is 4.97. The van der Waals surface area contributed by atoms with E-state index in [1.807, 2.05) is 0 Å². The van der Waals surface area contributed by atoms with Crippen molar-refractivity contribution in [1.29, 1.82) is 0 Å². The molecular weight excluding hydrogens is 368 g/mol. The first kappa shape index (κ1) is 21.3. The number of hydrogen-bond acceptors (Lipinski definition) is 2. The summed E-state index contributed by atoms with van der Waals surface area (Å²) in [4.78, 5) is 0. The third-order valence-corrected chi connectivity index (χ3v) is 7.55. The minimum Gasteiger partial charge on any atom is -0.507 e. The first-order valence-electron chi connectivity index (χ1n) is 11.9. The highest BCUT2D eigenvalue weighted by Gasteiger charge is 2.33. The number of benzene rings is 2. The molecule has 2 aliphatic rings. The number of aromatic hydroxyl groups is 2. The van der Waals surface area contributed by atoms with Crippen molar-refractivity contribution in [2.75, 3.05) is 0 Å². The molecule has 2 fully saturated rings. The maximum absolute atomic E-state index is 11.0. The van der Waals surface area contributed by atoms with Crippen LogP contribution in [0.2, 0.25) is 0 Å². The highest BCUT2D eigenvalue weighted by molar-refractivity contribution is 5.71. The molecule has 2 aromatic rings. The summed E-state index contributed by atoms with van der Waals surface area (Å²) in [5.41, 5.74) is 6.59. The van der Waals surface area contributed by atoms with E-state index in [2.05, 4.69) is 65.8 Å². The number of hydrogen-bond donors (Lipinski definition) is 2. The SMILES string of the molecule is CC(C)c1cc(-c2cc(C(C)C)c(O)c([C@H](C)C3CC3)c2)cc([C@H](C)C2CC2)c1O. The van der Waals surface area contributed by atoms with Crippen molar-refractivity contribution in [1.82, 2.24) is 0 Å². The molecule has 2 N–H and O–H groups in total. The van der Waals surface area contributed by atoms with Crippen molar-refractivity contribution in [3.63, 3.8) is 0 Å². The third-order valence-electron chi connectivity index (χ3n) is 7.55. The van der Waals surface area contributed by atoms with Crippen LogP contribution in [0.15, 0.2) is 24.3 Å². The van der Waals surface area contributed by atoms with E-state index >= 15 is 0 Å². The van der Waals surface area contributed by atoms with E-state index in [-0.39, 0.29) is 11.8 Å². The molecule has 2 aliphatic carbocycles. The van der Waals surface area contributed by atoms with Gasteiger partial charge in [-0.3, -0.25) is 0 Å². The average molecular weight is 407 g/mol. The van der Waals surface area contributed by atoms with Gasteiger partial charge in [-0.2, -0.15) is 0 Å². The fraction of sp³-hybridized carbons (Fsp3) is 0.571. The molecule has 0 bridgehead atoms. The Hall–Kier alpha value is -1.96. The van der Waals surface area contributed by atoms with Gasteiger partial charge < -0.3 is 10.2 Å². The number of rotatable bonds is 7. The summed E-state index contributed by atoms with van der Waals surface area (Å²) in [5.74, 6) is 3.67. The van der Waals surface area contributed by atoms with Crippen molar-refractivity contribution >= 4 is 0 Å². The monoisotopic (exact) mass is 406 g/mol. The van der Waals surface area contributed by atoms with Crippen LogP contribution in [0.5, 0.6) is 11.5 Å². The van der Waals surface area contributed by atoms with Crippen molar-refractivity contribution in [3.05, 3.63) is 46.5 Å². The fourth-order valence-corrected chi connectivity index (χ4v) is 4.97. The minimum atomic E-state index is 0.265. The Balaban J connectivity index is 1.88. The molecular formula is C28H38O2. The lowest BCUT2D eigenvalue weighted by molar-refractivity contribution is 0.448. The molecule has 2 heteroatoms. The topological polar surface area (TPSA) is 40.5 Å². The molecule has 2 atom stereocenters. The lowest BCUT2D eigenvalue weighted by Gasteiger charge is -2.22. The molecule has 2 nitrogen and oxygen atoms in total. The van der Waals surface area contributed by atoms with Gasteiger partial charge in [0.1, 0.15) is 11.5 Å². The van der Waals surface area contributed by atoms with Crippen LogP contribution in [-0.2, 0) is 0 Å². The molecule has 2 saturated carbocycles. The maximum atomic E-state index is 11.0. The van der Waals surface area contributed by atoms with E-state index in [0.29, 0.717) is 35.2 Å². The summed E-state index contributed by atoms with van der Waals surface area (Å²) >= 11 is 0. The Kier molecular flexibility index (Phi) is 5.64. The van der Waals surface area contributed by atoms with Gasteiger partial charge in [0.2, 0.25) is 0 Å². The summed E-state index contributed by atoms with van der Waals surface area (Å²) < 4.78 is 0. The van der Waals surface area contributed by atoms with Crippen LogP contribution in [0, 0.1) is 11.8 Å². The maximum Gasteiger partial charge on any atom is 0.122 e. The van der Waals surface area contributed by atoms with E-state index < -0.39 is 0 Å². The zero-order chi connectivity index (χ0) is 21.7. The third kappa shape index (κ3) is 3.98. The van der Waals surface area contributed by atoms with Crippen molar-refractivity contribution in [3.8, 4) is 22.6 Å². The van der Waals surface area contributed by atoms with Crippen molar-refractivity contribution in [2.24, 2.45) is 11.8 Å². The van der Waals surface area contributed by atoms with Gasteiger partial charge >= 0.3 is 0 Å². The molecule has 4 rings (SSSR count). The van der Waals surface area contributed by atoms with Crippen LogP contribution in [0.25, 0.3) is 11.1 Å². The summed E-state index contributed by atoms with van der Waals surface area (Å²) in [6.07, 6.45) is 5.06. The lowest BCUT2D eigenvalue weighted by atomic mass is 9.84. The Morgan fingerprint density at radius 2 is 0.867 bits per heavy atom. The second-order valence-corrected chi connectivity index (χ2v) is 10.6. The van der Waals surface area contributed by atoms with Gasteiger partial charge in [-0.15, -0.1) is 0 Å². The summed E-state index contributed by atoms with van der Waals surface area (Å²) in [6.45, 7) is 13.1. The molecule has 162 valence electrons. The van der Waals surface area contributed by atoms with E-state index in [1.165, 1.54) is 36.8 Å². The molecule has 0 radical (unpaired) electrons. The highest BCUT2D eigenvalue weighted by Crippen LogP contribution is 2.50. The van der Waals surface area contributed by atoms with Gasteiger partial charge in [0.15, 0.2) is 0 Å². The Morgan fingerprint density at radius 3 is 1.13 bits per heavy atom. The van der Waals surface area contributed by atoms with Gasteiger partial charge in [-0.05, 0) is 119 Å². The zero-order valence-electron chi connectivity index (χ0n) is 19.5. The normalized spacial score (nSPS) is 18.8. The van der Waals surface area contributed by atoms with Crippen molar-refractivity contribution in [2.45, 2.75) is 90.9 Å². The molecule has 2 aromatic carbocycles. The van der Waals surface area contributed by atoms with Crippen molar-refractivity contribution < 1.29 is 10.2 Å². The second kappa shape index (κ2) is 7.94. The highest BCUT2D eigenvalue weighted by atomic mass is 16.3. The molecule has 0 saturated heterocycles. The first-order valence-corrected chi connectivity index (χ1v) is 11.9. The zero-order valence-corrected chi connectivity index (χ0v) is 19.5. The largest absolute Gasteiger partial charge is 0.507 e. The number of phenols is 2. The van der Waals surface area contributed by atoms with E-state index in [0.717, 1.165) is 22.3 Å². The minimum absolute atomic E-state index is 0.265. The average Bonchev–Trinajstić information content (AvgIpc) is 3.59. The van der Waals surface area contributed by atoms with Gasteiger partial charge in [-0.25, -0.2) is 0 Å². The molecule has 0 aliphatic heterocycles. The lowest BCUT2D eigenvalue weighted by Crippen LogP contribution is -2.03. The van der Waals surface area contributed by atoms with Crippen LogP contribution >= 0.6 is 0 Å². The number of phenolic OH excluding ortho intramolecular Hbond substituents is 2. The molecule has 0 aromatic heterocycles. The van der Waals surface area contributed by atoms with Gasteiger partial charge in [0.05, 0.1) is 0 Å². The second-order valence-electron chi connectivity index (χ2n) is 10.6. The Bertz CT molecular complexity index is 855. The van der Waals surface area contributed by atoms with Crippen LogP contribution in [-0.4, -0.2) is 10.2 Å². The van der Waals surface area contributed by atoms with E-state index in [4.69, 9.17) is 0 Å². The smallest absolute Gasteiger partial charge is 0.122 e. The quantitative estimate of drug-likeness (QED) is 0.488. The molecule has 0 heterocycles.